The first-order valence-corrected chi connectivity index (χ1v) is 8.79. The summed E-state index contributed by atoms with van der Waals surface area (Å²) in [5.41, 5.74) is 5.87. The molecule has 138 valence electrons. The molecule has 0 saturated heterocycles. The molecule has 0 aliphatic carbocycles. The molecule has 0 heterocycles. The normalized spacial score (nSPS) is 10.3. The zero-order valence-corrected chi connectivity index (χ0v) is 16.1. The van der Waals surface area contributed by atoms with E-state index in [1.54, 1.807) is 7.05 Å². The Labute approximate surface area is 155 Å². The van der Waals surface area contributed by atoms with Gasteiger partial charge in [0.1, 0.15) is 6.54 Å². The predicted molar refractivity (Wildman–Crippen MR) is 107 cm³/mol. The molecule has 0 aliphatic rings. The van der Waals surface area contributed by atoms with Gasteiger partial charge in [0, 0.05) is 18.4 Å². The SMILES string of the molecule is CCc1cccc(NC(=O)N(C)CC(=O)Nc2c(C)cc(C)cc2C)c1. The average molecular weight is 353 g/mol. The molecule has 0 bridgehead atoms. The van der Waals surface area contributed by atoms with Gasteiger partial charge in [-0.05, 0) is 56.0 Å². The molecule has 0 atom stereocenters. The van der Waals surface area contributed by atoms with Gasteiger partial charge in [-0.1, -0.05) is 36.8 Å². The van der Waals surface area contributed by atoms with Crippen LogP contribution in [0.3, 0.4) is 0 Å². The lowest BCUT2D eigenvalue weighted by atomic mass is 10.1. The van der Waals surface area contributed by atoms with Crippen molar-refractivity contribution in [3.05, 3.63) is 58.7 Å². The predicted octanol–water partition coefficient (Wildman–Crippen LogP) is 4.28. The van der Waals surface area contributed by atoms with Crippen molar-refractivity contribution in [3.8, 4) is 0 Å². The van der Waals surface area contributed by atoms with Gasteiger partial charge in [-0.2, -0.15) is 0 Å². The lowest BCUT2D eigenvalue weighted by Gasteiger charge is -2.19. The highest BCUT2D eigenvalue weighted by Gasteiger charge is 2.15. The summed E-state index contributed by atoms with van der Waals surface area (Å²) in [6.07, 6.45) is 0.900. The van der Waals surface area contributed by atoms with Crippen LogP contribution in [-0.4, -0.2) is 30.4 Å². The molecule has 0 saturated carbocycles. The number of rotatable bonds is 5. The van der Waals surface area contributed by atoms with E-state index in [4.69, 9.17) is 0 Å². The maximum absolute atomic E-state index is 12.3. The highest BCUT2D eigenvalue weighted by Crippen LogP contribution is 2.21. The summed E-state index contributed by atoms with van der Waals surface area (Å²) in [6, 6.07) is 11.4. The van der Waals surface area contributed by atoms with Gasteiger partial charge in [0.2, 0.25) is 5.91 Å². The van der Waals surface area contributed by atoms with Crippen LogP contribution in [0.15, 0.2) is 36.4 Å². The molecule has 3 amide bonds. The fourth-order valence-corrected chi connectivity index (χ4v) is 2.93. The van der Waals surface area contributed by atoms with E-state index in [1.807, 2.05) is 57.2 Å². The molecule has 2 N–H and O–H groups in total. The summed E-state index contributed by atoms with van der Waals surface area (Å²) in [7, 11) is 1.60. The molecular formula is C21H27N3O2. The van der Waals surface area contributed by atoms with Crippen LogP contribution in [0.5, 0.6) is 0 Å². The van der Waals surface area contributed by atoms with E-state index in [9.17, 15) is 9.59 Å². The highest BCUT2D eigenvalue weighted by molar-refractivity contribution is 5.97. The fraction of sp³-hybridized carbons (Fsp3) is 0.333. The molecule has 0 aromatic heterocycles. The lowest BCUT2D eigenvalue weighted by Crippen LogP contribution is -2.37. The Hall–Kier alpha value is -2.82. The van der Waals surface area contributed by atoms with Gasteiger partial charge in [-0.25, -0.2) is 4.79 Å². The summed E-state index contributed by atoms with van der Waals surface area (Å²) in [5, 5.41) is 5.74. The highest BCUT2D eigenvalue weighted by atomic mass is 16.2. The summed E-state index contributed by atoms with van der Waals surface area (Å²) in [5.74, 6) is -0.222. The molecule has 0 radical (unpaired) electrons. The minimum atomic E-state index is -0.314. The molecule has 5 nitrogen and oxygen atoms in total. The van der Waals surface area contributed by atoms with Crippen LogP contribution >= 0.6 is 0 Å². The fourth-order valence-electron chi connectivity index (χ4n) is 2.93. The Kier molecular flexibility index (Phi) is 6.39. The van der Waals surface area contributed by atoms with Crippen molar-refractivity contribution in [2.45, 2.75) is 34.1 Å². The van der Waals surface area contributed by atoms with Gasteiger partial charge in [0.15, 0.2) is 0 Å². The van der Waals surface area contributed by atoms with Crippen LogP contribution in [0.4, 0.5) is 16.2 Å². The quantitative estimate of drug-likeness (QED) is 0.843. The Morgan fingerprint density at radius 1 is 1.00 bits per heavy atom. The largest absolute Gasteiger partial charge is 0.324 e. The standard InChI is InChI=1S/C21H27N3O2/c1-6-17-8-7-9-18(12-17)22-21(26)24(5)13-19(25)23-20-15(3)10-14(2)11-16(20)4/h7-12H,6,13H2,1-5H3,(H,22,26)(H,23,25). The maximum atomic E-state index is 12.3. The third-order valence-corrected chi connectivity index (χ3v) is 4.26. The number of aryl methyl sites for hydroxylation is 4. The van der Waals surface area contributed by atoms with Crippen LogP contribution in [0.25, 0.3) is 0 Å². The zero-order valence-electron chi connectivity index (χ0n) is 16.1. The van der Waals surface area contributed by atoms with E-state index in [0.717, 1.165) is 40.0 Å². The number of urea groups is 1. The number of amides is 3. The summed E-state index contributed by atoms with van der Waals surface area (Å²) in [6.45, 7) is 8.00. The van der Waals surface area contributed by atoms with Gasteiger partial charge in [0.25, 0.3) is 0 Å². The van der Waals surface area contributed by atoms with Crippen molar-refractivity contribution in [2.75, 3.05) is 24.2 Å². The third-order valence-electron chi connectivity index (χ3n) is 4.26. The van der Waals surface area contributed by atoms with Crippen molar-refractivity contribution in [1.82, 2.24) is 4.90 Å². The van der Waals surface area contributed by atoms with E-state index in [1.165, 1.54) is 4.90 Å². The number of likely N-dealkylation sites (N-methyl/N-ethyl adjacent to an activating group) is 1. The summed E-state index contributed by atoms with van der Waals surface area (Å²) < 4.78 is 0. The molecule has 0 aliphatic heterocycles. The molecular weight excluding hydrogens is 326 g/mol. The summed E-state index contributed by atoms with van der Waals surface area (Å²) in [4.78, 5) is 26.0. The monoisotopic (exact) mass is 353 g/mol. The van der Waals surface area contributed by atoms with Gasteiger partial charge in [-0.3, -0.25) is 4.79 Å². The van der Waals surface area contributed by atoms with Gasteiger partial charge >= 0.3 is 6.03 Å². The van der Waals surface area contributed by atoms with Gasteiger partial charge < -0.3 is 15.5 Å². The number of carbonyl (C=O) groups excluding carboxylic acids is 2. The molecule has 2 rings (SSSR count). The second kappa shape index (κ2) is 8.52. The first-order chi connectivity index (χ1) is 12.3. The minimum Gasteiger partial charge on any atom is -0.324 e. The van der Waals surface area contributed by atoms with Crippen LogP contribution in [0, 0.1) is 20.8 Å². The number of carbonyl (C=O) groups is 2. The van der Waals surface area contributed by atoms with E-state index in [0.29, 0.717) is 0 Å². The van der Waals surface area contributed by atoms with Gasteiger partial charge in [-0.15, -0.1) is 0 Å². The van der Waals surface area contributed by atoms with Crippen LogP contribution in [0.2, 0.25) is 0 Å². The summed E-state index contributed by atoms with van der Waals surface area (Å²) >= 11 is 0. The molecule has 5 heteroatoms. The van der Waals surface area contributed by atoms with E-state index >= 15 is 0 Å². The minimum absolute atomic E-state index is 0.0218. The Bertz CT molecular complexity index is 792. The smallest absolute Gasteiger partial charge is 0.322 e. The van der Waals surface area contributed by atoms with Crippen LogP contribution < -0.4 is 10.6 Å². The molecule has 26 heavy (non-hydrogen) atoms. The number of nitrogens with zero attached hydrogens (tertiary/aromatic N) is 1. The first-order valence-electron chi connectivity index (χ1n) is 8.79. The van der Waals surface area contributed by atoms with E-state index in [2.05, 4.69) is 17.6 Å². The molecule has 0 fully saturated rings. The zero-order chi connectivity index (χ0) is 19.3. The molecule has 0 unspecified atom stereocenters. The lowest BCUT2D eigenvalue weighted by molar-refractivity contribution is -0.116. The third kappa shape index (κ3) is 5.09. The molecule has 2 aromatic rings. The second-order valence-electron chi connectivity index (χ2n) is 6.66. The van der Waals surface area contributed by atoms with Gasteiger partial charge in [0.05, 0.1) is 0 Å². The second-order valence-corrected chi connectivity index (χ2v) is 6.66. The van der Waals surface area contributed by atoms with E-state index in [-0.39, 0.29) is 18.5 Å². The topological polar surface area (TPSA) is 61.4 Å². The van der Waals surface area contributed by atoms with Crippen LogP contribution in [0.1, 0.15) is 29.2 Å². The van der Waals surface area contributed by atoms with Crippen molar-refractivity contribution < 1.29 is 9.59 Å². The first kappa shape index (κ1) is 19.5. The van der Waals surface area contributed by atoms with Crippen molar-refractivity contribution in [1.29, 1.82) is 0 Å². The average Bonchev–Trinajstić information content (AvgIpc) is 2.58. The number of benzene rings is 2. The Morgan fingerprint density at radius 2 is 1.65 bits per heavy atom. The number of nitrogens with one attached hydrogen (secondary N) is 2. The van der Waals surface area contributed by atoms with Crippen LogP contribution in [-0.2, 0) is 11.2 Å². The molecule has 2 aromatic carbocycles. The van der Waals surface area contributed by atoms with Crippen molar-refractivity contribution in [3.63, 3.8) is 0 Å². The Balaban J connectivity index is 1.97. The van der Waals surface area contributed by atoms with E-state index < -0.39 is 0 Å². The molecule has 0 spiro atoms. The number of hydrogen-bond acceptors (Lipinski definition) is 2. The number of anilines is 2. The number of hydrogen-bond donors (Lipinski definition) is 2. The Morgan fingerprint density at radius 3 is 2.27 bits per heavy atom. The maximum Gasteiger partial charge on any atom is 0.322 e. The van der Waals surface area contributed by atoms with Crippen molar-refractivity contribution in [2.24, 2.45) is 0 Å². The van der Waals surface area contributed by atoms with Crippen molar-refractivity contribution >= 4 is 23.3 Å².